The van der Waals surface area contributed by atoms with Crippen LogP contribution in [0.1, 0.15) is 12.0 Å². The highest BCUT2D eigenvalue weighted by Gasteiger charge is 2.13. The van der Waals surface area contributed by atoms with E-state index in [1.165, 1.54) is 0 Å². The fourth-order valence-electron chi connectivity index (χ4n) is 1.15. The standard InChI is InChI=1S/C11H14BrNO3/c12-9-3-1-2-8(6-9)7-16-11(15)10(13)4-5-14/h1-3,6,10,14H,4-5,7,13H2. The average Bonchev–Trinajstić information content (AvgIpc) is 2.26. The van der Waals surface area contributed by atoms with E-state index >= 15 is 0 Å². The van der Waals surface area contributed by atoms with E-state index in [-0.39, 0.29) is 19.6 Å². The monoisotopic (exact) mass is 287 g/mol. The number of aliphatic hydroxyl groups excluding tert-OH is 1. The van der Waals surface area contributed by atoms with Gasteiger partial charge in [-0.1, -0.05) is 28.1 Å². The summed E-state index contributed by atoms with van der Waals surface area (Å²) in [5.74, 6) is -0.492. The Kier molecular flexibility index (Phi) is 5.45. The Bertz CT molecular complexity index is 357. The van der Waals surface area contributed by atoms with Gasteiger partial charge in [0.15, 0.2) is 0 Å². The van der Waals surface area contributed by atoms with Crippen LogP contribution in [0.2, 0.25) is 0 Å². The molecule has 0 spiro atoms. The van der Waals surface area contributed by atoms with Crippen molar-refractivity contribution in [1.82, 2.24) is 0 Å². The Morgan fingerprint density at radius 3 is 2.94 bits per heavy atom. The number of hydrogen-bond acceptors (Lipinski definition) is 4. The second kappa shape index (κ2) is 6.62. The molecule has 4 nitrogen and oxygen atoms in total. The lowest BCUT2D eigenvalue weighted by Crippen LogP contribution is -2.33. The Morgan fingerprint density at radius 1 is 1.56 bits per heavy atom. The predicted molar refractivity (Wildman–Crippen MR) is 63.6 cm³/mol. The van der Waals surface area contributed by atoms with Gasteiger partial charge in [0.05, 0.1) is 0 Å². The molecule has 88 valence electrons. The molecule has 1 atom stereocenters. The summed E-state index contributed by atoms with van der Waals surface area (Å²) in [5, 5.41) is 8.61. The summed E-state index contributed by atoms with van der Waals surface area (Å²) in [4.78, 5) is 11.3. The SMILES string of the molecule is NC(CCO)C(=O)OCc1cccc(Br)c1. The number of aliphatic hydroxyl groups is 1. The minimum Gasteiger partial charge on any atom is -0.460 e. The van der Waals surface area contributed by atoms with E-state index in [0.29, 0.717) is 0 Å². The van der Waals surface area contributed by atoms with Crippen molar-refractivity contribution < 1.29 is 14.6 Å². The van der Waals surface area contributed by atoms with Crippen molar-refractivity contribution in [2.24, 2.45) is 5.73 Å². The van der Waals surface area contributed by atoms with E-state index < -0.39 is 12.0 Å². The van der Waals surface area contributed by atoms with Gasteiger partial charge in [0.25, 0.3) is 0 Å². The molecule has 16 heavy (non-hydrogen) atoms. The van der Waals surface area contributed by atoms with Crippen LogP contribution in [0.3, 0.4) is 0 Å². The van der Waals surface area contributed by atoms with Crippen LogP contribution in [0.4, 0.5) is 0 Å². The summed E-state index contributed by atoms with van der Waals surface area (Å²) in [7, 11) is 0. The number of ether oxygens (including phenoxy) is 1. The summed E-state index contributed by atoms with van der Waals surface area (Å²) in [6.07, 6.45) is 0.220. The number of carbonyl (C=O) groups excluding carboxylic acids is 1. The third kappa shape index (κ3) is 4.30. The molecule has 0 amide bonds. The lowest BCUT2D eigenvalue weighted by Gasteiger charge is -2.10. The van der Waals surface area contributed by atoms with Gasteiger partial charge in [-0.15, -0.1) is 0 Å². The maximum absolute atomic E-state index is 11.3. The first-order valence-electron chi connectivity index (χ1n) is 4.91. The summed E-state index contributed by atoms with van der Waals surface area (Å²) in [5.41, 5.74) is 6.37. The molecule has 1 rings (SSSR count). The summed E-state index contributed by atoms with van der Waals surface area (Å²) < 4.78 is 5.93. The van der Waals surface area contributed by atoms with Gasteiger partial charge in [0, 0.05) is 11.1 Å². The molecule has 3 N–H and O–H groups in total. The van der Waals surface area contributed by atoms with Gasteiger partial charge < -0.3 is 15.6 Å². The molecule has 0 aliphatic carbocycles. The van der Waals surface area contributed by atoms with Crippen LogP contribution >= 0.6 is 15.9 Å². The molecule has 0 bridgehead atoms. The molecule has 0 aromatic heterocycles. The molecule has 0 aliphatic heterocycles. The van der Waals surface area contributed by atoms with E-state index in [2.05, 4.69) is 15.9 Å². The fourth-order valence-corrected chi connectivity index (χ4v) is 1.59. The molecular weight excluding hydrogens is 274 g/mol. The van der Waals surface area contributed by atoms with Crippen molar-refractivity contribution in [3.05, 3.63) is 34.3 Å². The van der Waals surface area contributed by atoms with Crippen LogP contribution in [0, 0.1) is 0 Å². The van der Waals surface area contributed by atoms with Gasteiger partial charge in [0.2, 0.25) is 0 Å². The van der Waals surface area contributed by atoms with Crippen LogP contribution in [0.25, 0.3) is 0 Å². The maximum Gasteiger partial charge on any atom is 0.323 e. The summed E-state index contributed by atoms with van der Waals surface area (Å²) >= 11 is 3.32. The zero-order valence-electron chi connectivity index (χ0n) is 8.73. The first-order valence-corrected chi connectivity index (χ1v) is 5.70. The quantitative estimate of drug-likeness (QED) is 0.799. The van der Waals surface area contributed by atoms with E-state index in [0.717, 1.165) is 10.0 Å². The second-order valence-electron chi connectivity index (χ2n) is 3.36. The lowest BCUT2D eigenvalue weighted by atomic mass is 10.2. The molecule has 0 saturated carbocycles. The molecule has 1 aromatic carbocycles. The number of carbonyl (C=O) groups is 1. The highest BCUT2D eigenvalue weighted by Crippen LogP contribution is 2.12. The number of esters is 1. The van der Waals surface area contributed by atoms with E-state index in [1.807, 2.05) is 24.3 Å². The number of benzene rings is 1. The Morgan fingerprint density at radius 2 is 2.31 bits per heavy atom. The zero-order valence-corrected chi connectivity index (χ0v) is 10.3. The van der Waals surface area contributed by atoms with Gasteiger partial charge >= 0.3 is 5.97 Å². The highest BCUT2D eigenvalue weighted by molar-refractivity contribution is 9.10. The Labute approximate surface area is 103 Å². The molecule has 1 aromatic rings. The lowest BCUT2D eigenvalue weighted by molar-refractivity contribution is -0.146. The average molecular weight is 288 g/mol. The minimum atomic E-state index is -0.753. The van der Waals surface area contributed by atoms with Crippen molar-refractivity contribution >= 4 is 21.9 Å². The van der Waals surface area contributed by atoms with E-state index in [4.69, 9.17) is 15.6 Å². The van der Waals surface area contributed by atoms with Crippen LogP contribution in [-0.4, -0.2) is 23.7 Å². The molecule has 0 fully saturated rings. The largest absolute Gasteiger partial charge is 0.460 e. The van der Waals surface area contributed by atoms with E-state index in [9.17, 15) is 4.79 Å². The number of hydrogen-bond donors (Lipinski definition) is 2. The molecule has 0 radical (unpaired) electrons. The van der Waals surface area contributed by atoms with Gasteiger partial charge in [-0.05, 0) is 24.1 Å². The minimum absolute atomic E-state index is 0.118. The Hall–Kier alpha value is -0.910. The maximum atomic E-state index is 11.3. The van der Waals surface area contributed by atoms with Crippen molar-refractivity contribution in [3.63, 3.8) is 0 Å². The number of nitrogens with two attached hydrogens (primary N) is 1. The van der Waals surface area contributed by atoms with Crippen LogP contribution in [0.15, 0.2) is 28.7 Å². The van der Waals surface area contributed by atoms with Gasteiger partial charge in [0.1, 0.15) is 12.6 Å². The Balaban J connectivity index is 2.42. The first-order chi connectivity index (χ1) is 7.63. The van der Waals surface area contributed by atoms with Crippen molar-refractivity contribution in [2.45, 2.75) is 19.1 Å². The van der Waals surface area contributed by atoms with Gasteiger partial charge in [-0.2, -0.15) is 0 Å². The topological polar surface area (TPSA) is 72.5 Å². The van der Waals surface area contributed by atoms with Crippen LogP contribution < -0.4 is 5.73 Å². The third-order valence-electron chi connectivity index (χ3n) is 2.01. The van der Waals surface area contributed by atoms with Crippen LogP contribution in [-0.2, 0) is 16.1 Å². The van der Waals surface area contributed by atoms with Crippen molar-refractivity contribution in [3.8, 4) is 0 Å². The molecule has 1 unspecified atom stereocenters. The van der Waals surface area contributed by atoms with E-state index in [1.54, 1.807) is 0 Å². The fraction of sp³-hybridized carbons (Fsp3) is 0.364. The molecule has 5 heteroatoms. The van der Waals surface area contributed by atoms with Gasteiger partial charge in [-0.3, -0.25) is 4.79 Å². The first kappa shape index (κ1) is 13.2. The number of halogens is 1. The molecular formula is C11H14BrNO3. The second-order valence-corrected chi connectivity index (χ2v) is 4.27. The third-order valence-corrected chi connectivity index (χ3v) is 2.51. The van der Waals surface area contributed by atoms with Gasteiger partial charge in [-0.25, -0.2) is 0 Å². The summed E-state index contributed by atoms with van der Waals surface area (Å²) in [6, 6.07) is 6.72. The molecule has 0 aliphatic rings. The van der Waals surface area contributed by atoms with Crippen molar-refractivity contribution in [1.29, 1.82) is 0 Å². The molecule has 0 heterocycles. The van der Waals surface area contributed by atoms with Crippen LogP contribution in [0.5, 0.6) is 0 Å². The smallest absolute Gasteiger partial charge is 0.323 e. The zero-order chi connectivity index (χ0) is 12.0. The summed E-state index contributed by atoms with van der Waals surface area (Å²) in [6.45, 7) is 0.0740. The molecule has 0 saturated heterocycles. The normalized spacial score (nSPS) is 12.2. The van der Waals surface area contributed by atoms with Crippen molar-refractivity contribution in [2.75, 3.05) is 6.61 Å². The predicted octanol–water partition coefficient (Wildman–Crippen LogP) is 1.20. The number of rotatable bonds is 5. The highest BCUT2D eigenvalue weighted by atomic mass is 79.9.